The molecule has 2 fully saturated rings. The summed E-state index contributed by atoms with van der Waals surface area (Å²) < 4.78 is 40.3. The average molecular weight is 470 g/mol. The molecule has 5 nitrogen and oxygen atoms in total. The number of hydrogen-bond acceptors (Lipinski definition) is 5. The van der Waals surface area contributed by atoms with Gasteiger partial charge in [0.25, 0.3) is 0 Å². The maximum Gasteiger partial charge on any atom is 0.416 e. The highest BCUT2D eigenvalue weighted by Crippen LogP contribution is 2.44. The summed E-state index contributed by atoms with van der Waals surface area (Å²) in [5, 5.41) is 14.0. The van der Waals surface area contributed by atoms with Crippen molar-refractivity contribution >= 4 is 22.3 Å². The van der Waals surface area contributed by atoms with Crippen LogP contribution in [0.25, 0.3) is 10.8 Å². The molecule has 5 rings (SSSR count). The van der Waals surface area contributed by atoms with Crippen LogP contribution in [0.5, 0.6) is 0 Å². The Bertz CT molecular complexity index is 1240. The van der Waals surface area contributed by atoms with Crippen LogP contribution in [-0.4, -0.2) is 47.3 Å². The minimum Gasteiger partial charge on any atom is -0.368 e. The molecule has 1 aliphatic carbocycles. The van der Waals surface area contributed by atoms with Crippen molar-refractivity contribution in [2.24, 2.45) is 0 Å². The molecule has 2 aliphatic rings. The third-order valence-corrected chi connectivity index (χ3v) is 7.64. The molecule has 3 aromatic rings. The normalized spacial score (nSPS) is 19.0. The minimum absolute atomic E-state index is 0.229. The van der Waals surface area contributed by atoms with Crippen LogP contribution in [0.3, 0.4) is 0 Å². The molecule has 1 aromatic heterocycles. The van der Waals surface area contributed by atoms with E-state index in [9.17, 15) is 13.2 Å². The molecule has 1 aliphatic heterocycles. The lowest BCUT2D eigenvalue weighted by Gasteiger charge is -2.41. The Morgan fingerprint density at radius 1 is 1.03 bits per heavy atom. The largest absolute Gasteiger partial charge is 0.416 e. The van der Waals surface area contributed by atoms with Crippen molar-refractivity contribution in [3.05, 3.63) is 58.8 Å². The third-order valence-electron chi connectivity index (χ3n) is 7.64. The molecule has 2 heterocycles. The molecule has 180 valence electrons. The van der Waals surface area contributed by atoms with Crippen molar-refractivity contribution in [3.8, 4) is 0 Å². The molecule has 0 bridgehead atoms. The Kier molecular flexibility index (Phi) is 5.47. The van der Waals surface area contributed by atoms with E-state index in [2.05, 4.69) is 50.6 Å². The lowest BCUT2D eigenvalue weighted by molar-refractivity contribution is -0.138. The number of likely N-dealkylation sites (N-methyl/N-ethyl adjacent to an activating group) is 1. The number of fused-ring (bicyclic) bond motifs is 1. The van der Waals surface area contributed by atoms with Gasteiger partial charge in [-0.3, -0.25) is 4.90 Å². The standard InChI is InChI=1S/C26H30F3N5/c1-16-20(6-5-7-23(16)26(27,28)29)17(2)30-24-22-14-19(8-9-21(22)18(3)31-32-24)34-13-12-33(4)25(15-34)10-11-25/h5-9,14,17H,10-13,15H2,1-4H3,(H,30,32). The molecular weight excluding hydrogens is 439 g/mol. The van der Waals surface area contributed by atoms with Crippen LogP contribution in [0.4, 0.5) is 24.7 Å². The quantitative estimate of drug-likeness (QED) is 0.529. The number of aromatic nitrogens is 2. The predicted molar refractivity (Wildman–Crippen MR) is 129 cm³/mol. The number of aryl methyl sites for hydroxylation is 1. The Hall–Kier alpha value is -2.87. The smallest absolute Gasteiger partial charge is 0.368 e. The van der Waals surface area contributed by atoms with Gasteiger partial charge in [0.2, 0.25) is 0 Å². The maximum absolute atomic E-state index is 13.4. The van der Waals surface area contributed by atoms with Gasteiger partial charge in [0.15, 0.2) is 5.82 Å². The zero-order chi connectivity index (χ0) is 24.3. The van der Waals surface area contributed by atoms with E-state index in [4.69, 9.17) is 0 Å². The number of nitrogens with zero attached hydrogens (tertiary/aromatic N) is 4. The van der Waals surface area contributed by atoms with Gasteiger partial charge in [0, 0.05) is 41.6 Å². The van der Waals surface area contributed by atoms with Crippen molar-refractivity contribution in [3.63, 3.8) is 0 Å². The van der Waals surface area contributed by atoms with E-state index in [1.165, 1.54) is 25.8 Å². The SMILES string of the molecule is Cc1c(C(C)Nc2nnc(C)c3ccc(N4CCN(C)C5(CC5)C4)cc23)cccc1C(F)(F)F. The van der Waals surface area contributed by atoms with Gasteiger partial charge in [0.1, 0.15) is 0 Å². The van der Waals surface area contributed by atoms with Crippen molar-refractivity contribution in [1.82, 2.24) is 15.1 Å². The van der Waals surface area contributed by atoms with Crippen LogP contribution in [0, 0.1) is 13.8 Å². The minimum atomic E-state index is -4.38. The molecule has 1 saturated carbocycles. The summed E-state index contributed by atoms with van der Waals surface area (Å²) in [5.74, 6) is 0.585. The van der Waals surface area contributed by atoms with E-state index in [0.29, 0.717) is 16.9 Å². The summed E-state index contributed by atoms with van der Waals surface area (Å²) in [7, 11) is 2.21. The Morgan fingerprint density at radius 3 is 2.50 bits per heavy atom. The summed E-state index contributed by atoms with van der Waals surface area (Å²) >= 11 is 0. The summed E-state index contributed by atoms with van der Waals surface area (Å²) in [6, 6.07) is 10.3. The van der Waals surface area contributed by atoms with Gasteiger partial charge in [-0.1, -0.05) is 18.2 Å². The molecule has 2 aromatic carbocycles. The van der Waals surface area contributed by atoms with E-state index in [-0.39, 0.29) is 11.6 Å². The molecule has 34 heavy (non-hydrogen) atoms. The second-order valence-corrected chi connectivity index (χ2v) is 9.81. The lowest BCUT2D eigenvalue weighted by Crippen LogP contribution is -2.53. The maximum atomic E-state index is 13.4. The van der Waals surface area contributed by atoms with Crippen LogP contribution in [0.1, 0.15) is 48.2 Å². The van der Waals surface area contributed by atoms with Gasteiger partial charge < -0.3 is 10.2 Å². The first-order chi connectivity index (χ1) is 16.1. The first kappa shape index (κ1) is 22.9. The van der Waals surface area contributed by atoms with E-state index in [1.54, 1.807) is 6.07 Å². The summed E-state index contributed by atoms with van der Waals surface area (Å²) in [6.45, 7) is 8.31. The highest BCUT2D eigenvalue weighted by molar-refractivity contribution is 5.95. The number of rotatable bonds is 4. The molecule has 1 N–H and O–H groups in total. The fraction of sp³-hybridized carbons (Fsp3) is 0.462. The van der Waals surface area contributed by atoms with E-state index >= 15 is 0 Å². The van der Waals surface area contributed by atoms with Crippen molar-refractivity contribution < 1.29 is 13.2 Å². The van der Waals surface area contributed by atoms with Gasteiger partial charge in [-0.25, -0.2) is 0 Å². The average Bonchev–Trinajstić information content (AvgIpc) is 3.57. The predicted octanol–water partition coefficient (Wildman–Crippen LogP) is 5.72. The van der Waals surface area contributed by atoms with Gasteiger partial charge in [-0.2, -0.15) is 18.3 Å². The number of alkyl halides is 3. The highest BCUT2D eigenvalue weighted by atomic mass is 19.4. The Morgan fingerprint density at radius 2 is 1.79 bits per heavy atom. The molecule has 1 atom stereocenters. The molecule has 8 heteroatoms. The molecule has 0 amide bonds. The number of anilines is 2. The topological polar surface area (TPSA) is 44.3 Å². The van der Waals surface area contributed by atoms with Crippen LogP contribution in [0.15, 0.2) is 36.4 Å². The first-order valence-corrected chi connectivity index (χ1v) is 11.8. The molecule has 0 radical (unpaired) electrons. The first-order valence-electron chi connectivity index (χ1n) is 11.8. The summed E-state index contributed by atoms with van der Waals surface area (Å²) in [5.41, 5.74) is 2.49. The van der Waals surface area contributed by atoms with E-state index < -0.39 is 11.7 Å². The molecular formula is C26H30F3N5. The van der Waals surface area contributed by atoms with Crippen LogP contribution >= 0.6 is 0 Å². The number of benzene rings is 2. The van der Waals surface area contributed by atoms with Crippen molar-refractivity contribution in [2.45, 2.75) is 51.4 Å². The second kappa shape index (κ2) is 8.12. The van der Waals surface area contributed by atoms with Gasteiger partial charge >= 0.3 is 6.18 Å². The van der Waals surface area contributed by atoms with Gasteiger partial charge in [-0.05, 0) is 70.0 Å². The number of nitrogens with one attached hydrogen (secondary N) is 1. The lowest BCUT2D eigenvalue weighted by atomic mass is 9.97. The zero-order valence-corrected chi connectivity index (χ0v) is 20.0. The van der Waals surface area contributed by atoms with E-state index in [1.807, 2.05) is 13.8 Å². The molecule has 1 saturated heterocycles. The van der Waals surface area contributed by atoms with Crippen LogP contribution in [-0.2, 0) is 6.18 Å². The summed E-state index contributed by atoms with van der Waals surface area (Å²) in [6.07, 6.45) is -1.91. The molecule has 1 unspecified atom stereocenters. The zero-order valence-electron chi connectivity index (χ0n) is 20.0. The van der Waals surface area contributed by atoms with E-state index in [0.717, 1.165) is 47.9 Å². The van der Waals surface area contributed by atoms with Crippen LogP contribution in [0.2, 0.25) is 0 Å². The summed E-state index contributed by atoms with van der Waals surface area (Å²) in [4.78, 5) is 4.92. The molecule has 1 spiro atoms. The van der Waals surface area contributed by atoms with Gasteiger partial charge in [-0.15, -0.1) is 5.10 Å². The Labute approximate surface area is 198 Å². The van der Waals surface area contributed by atoms with Crippen molar-refractivity contribution in [2.75, 3.05) is 36.9 Å². The number of piperazine rings is 1. The third kappa shape index (κ3) is 3.98. The number of hydrogen-bond donors (Lipinski definition) is 1. The number of halogens is 3. The second-order valence-electron chi connectivity index (χ2n) is 9.81. The van der Waals surface area contributed by atoms with Gasteiger partial charge in [0.05, 0.1) is 17.3 Å². The van der Waals surface area contributed by atoms with Crippen molar-refractivity contribution in [1.29, 1.82) is 0 Å². The fourth-order valence-corrected chi connectivity index (χ4v) is 5.26. The van der Waals surface area contributed by atoms with Crippen LogP contribution < -0.4 is 10.2 Å². The monoisotopic (exact) mass is 469 g/mol. The highest BCUT2D eigenvalue weighted by Gasteiger charge is 2.49. The Balaban J connectivity index is 1.48. The fourth-order valence-electron chi connectivity index (χ4n) is 5.26.